The lowest BCUT2D eigenvalue weighted by Crippen LogP contribution is -2.48. The molecule has 0 saturated carbocycles. The first-order valence-electron chi connectivity index (χ1n) is 6.64. The number of nitrogens with zero attached hydrogens (tertiary/aromatic N) is 2. The molecule has 19 heavy (non-hydrogen) atoms. The third-order valence-electron chi connectivity index (χ3n) is 3.76. The molecule has 2 rings (SSSR count). The molecule has 1 aromatic rings. The van der Waals surface area contributed by atoms with E-state index in [9.17, 15) is 9.59 Å². The van der Waals surface area contributed by atoms with Crippen molar-refractivity contribution in [3.8, 4) is 0 Å². The Morgan fingerprint density at radius 3 is 2.89 bits per heavy atom. The molecule has 1 saturated heterocycles. The summed E-state index contributed by atoms with van der Waals surface area (Å²) < 4.78 is 0. The topological polar surface area (TPSA) is 56.4 Å². The Hall–Kier alpha value is -1.62. The highest BCUT2D eigenvalue weighted by atomic mass is 16.2. The number of hydrogen-bond donors (Lipinski definition) is 1. The maximum Gasteiger partial charge on any atom is 0.259 e. The van der Waals surface area contributed by atoms with Crippen LogP contribution in [0.25, 0.3) is 0 Å². The number of H-pyrrole nitrogens is 1. The molecule has 1 amide bonds. The van der Waals surface area contributed by atoms with Gasteiger partial charge in [-0.05, 0) is 33.4 Å². The number of carbonyl (C=O) groups is 1. The van der Waals surface area contributed by atoms with Crippen LogP contribution in [0.2, 0.25) is 0 Å². The van der Waals surface area contributed by atoms with Gasteiger partial charge in [-0.2, -0.15) is 0 Å². The third kappa shape index (κ3) is 3.04. The van der Waals surface area contributed by atoms with Crippen molar-refractivity contribution in [1.82, 2.24) is 14.8 Å². The standard InChI is InChI=1S/C14H21N3O2/c1-10-7-13(18)12(8-15-10)14(19)17(3)11-5-4-6-16(2)9-11/h7-8,11H,4-6,9H2,1-3H3,(H,15,18). The van der Waals surface area contributed by atoms with Crippen LogP contribution >= 0.6 is 0 Å². The molecule has 0 aliphatic carbocycles. The Balaban J connectivity index is 2.16. The second kappa shape index (κ2) is 5.57. The summed E-state index contributed by atoms with van der Waals surface area (Å²) in [5.74, 6) is -0.193. The van der Waals surface area contributed by atoms with E-state index in [0.29, 0.717) is 0 Å². The van der Waals surface area contributed by atoms with E-state index in [1.807, 2.05) is 0 Å². The fourth-order valence-corrected chi connectivity index (χ4v) is 2.55. The molecule has 1 aliphatic rings. The zero-order valence-electron chi connectivity index (χ0n) is 11.8. The number of carbonyl (C=O) groups excluding carboxylic acids is 1. The maximum atomic E-state index is 12.4. The maximum absolute atomic E-state index is 12.4. The predicted octanol–water partition coefficient (Wildman–Crippen LogP) is 0.850. The molecule has 1 unspecified atom stereocenters. The molecule has 1 aromatic heterocycles. The van der Waals surface area contributed by atoms with Gasteiger partial charge in [0.15, 0.2) is 5.43 Å². The SMILES string of the molecule is Cc1cc(=O)c(C(=O)N(C)C2CCCN(C)C2)c[nH]1. The van der Waals surface area contributed by atoms with Gasteiger partial charge in [0.25, 0.3) is 5.91 Å². The van der Waals surface area contributed by atoms with Crippen molar-refractivity contribution >= 4 is 5.91 Å². The summed E-state index contributed by atoms with van der Waals surface area (Å²) in [5.41, 5.74) is 0.778. The van der Waals surface area contributed by atoms with Crippen LogP contribution in [-0.2, 0) is 0 Å². The molecule has 1 atom stereocenters. The minimum absolute atomic E-state index is 0.187. The fourth-order valence-electron chi connectivity index (χ4n) is 2.55. The van der Waals surface area contributed by atoms with E-state index in [-0.39, 0.29) is 22.9 Å². The summed E-state index contributed by atoms with van der Waals surface area (Å²) in [6.07, 6.45) is 3.60. The normalized spacial score (nSPS) is 20.3. The van der Waals surface area contributed by atoms with E-state index in [0.717, 1.165) is 31.6 Å². The molecule has 2 heterocycles. The molecule has 5 nitrogen and oxygen atoms in total. The lowest BCUT2D eigenvalue weighted by Gasteiger charge is -2.35. The molecule has 1 fully saturated rings. The molecule has 0 aromatic carbocycles. The Morgan fingerprint density at radius 1 is 1.53 bits per heavy atom. The van der Waals surface area contributed by atoms with Gasteiger partial charge in [0.05, 0.1) is 0 Å². The van der Waals surface area contributed by atoms with Crippen LogP contribution in [0.1, 0.15) is 28.9 Å². The van der Waals surface area contributed by atoms with Crippen LogP contribution in [0, 0.1) is 6.92 Å². The van der Waals surface area contributed by atoms with Gasteiger partial charge in [0.2, 0.25) is 0 Å². The molecule has 0 bridgehead atoms. The highest BCUT2D eigenvalue weighted by Crippen LogP contribution is 2.14. The largest absolute Gasteiger partial charge is 0.364 e. The van der Waals surface area contributed by atoms with Gasteiger partial charge < -0.3 is 14.8 Å². The Morgan fingerprint density at radius 2 is 2.26 bits per heavy atom. The van der Waals surface area contributed by atoms with Crippen molar-refractivity contribution < 1.29 is 4.79 Å². The summed E-state index contributed by atoms with van der Waals surface area (Å²) >= 11 is 0. The van der Waals surface area contributed by atoms with E-state index in [4.69, 9.17) is 0 Å². The average Bonchev–Trinajstić information content (AvgIpc) is 2.37. The summed E-state index contributed by atoms with van der Waals surface area (Å²) in [7, 11) is 3.84. The summed E-state index contributed by atoms with van der Waals surface area (Å²) in [6, 6.07) is 1.65. The number of aromatic nitrogens is 1. The first-order chi connectivity index (χ1) is 8.99. The summed E-state index contributed by atoms with van der Waals surface area (Å²) in [5, 5.41) is 0. The first kappa shape index (κ1) is 13.8. The smallest absolute Gasteiger partial charge is 0.259 e. The van der Waals surface area contributed by atoms with Gasteiger partial charge in [-0.25, -0.2) is 0 Å². The molecular weight excluding hydrogens is 242 g/mol. The van der Waals surface area contributed by atoms with Gasteiger partial charge in [-0.3, -0.25) is 9.59 Å². The van der Waals surface area contributed by atoms with Crippen molar-refractivity contribution in [3.63, 3.8) is 0 Å². The van der Waals surface area contributed by atoms with E-state index < -0.39 is 0 Å². The molecule has 1 aliphatic heterocycles. The van der Waals surface area contributed by atoms with Gasteiger partial charge >= 0.3 is 0 Å². The molecule has 1 N–H and O–H groups in total. The number of likely N-dealkylation sites (tertiary alicyclic amines) is 1. The predicted molar refractivity (Wildman–Crippen MR) is 74.4 cm³/mol. The first-order valence-corrected chi connectivity index (χ1v) is 6.64. The van der Waals surface area contributed by atoms with Crippen molar-refractivity contribution in [2.45, 2.75) is 25.8 Å². The number of piperidine rings is 1. The average molecular weight is 263 g/mol. The van der Waals surface area contributed by atoms with E-state index in [2.05, 4.69) is 16.9 Å². The van der Waals surface area contributed by atoms with E-state index >= 15 is 0 Å². The molecule has 0 radical (unpaired) electrons. The molecule has 0 spiro atoms. The van der Waals surface area contributed by atoms with Crippen LogP contribution in [0.15, 0.2) is 17.1 Å². The number of hydrogen-bond acceptors (Lipinski definition) is 3. The van der Waals surface area contributed by atoms with Crippen LogP contribution in [-0.4, -0.2) is 53.9 Å². The quantitative estimate of drug-likeness (QED) is 0.860. The lowest BCUT2D eigenvalue weighted by molar-refractivity contribution is 0.0642. The van der Waals surface area contributed by atoms with E-state index in [1.54, 1.807) is 18.9 Å². The van der Waals surface area contributed by atoms with Crippen molar-refractivity contribution in [2.24, 2.45) is 0 Å². The summed E-state index contributed by atoms with van der Waals surface area (Å²) in [6.45, 7) is 3.74. The van der Waals surface area contributed by atoms with Gasteiger partial charge in [0, 0.05) is 37.6 Å². The highest BCUT2D eigenvalue weighted by Gasteiger charge is 2.26. The molecule has 5 heteroatoms. The summed E-state index contributed by atoms with van der Waals surface area (Å²) in [4.78, 5) is 31.1. The number of likely N-dealkylation sites (N-methyl/N-ethyl adjacent to an activating group) is 2. The molecular formula is C14H21N3O2. The Kier molecular flexibility index (Phi) is 4.04. The van der Waals surface area contributed by atoms with Crippen LogP contribution < -0.4 is 5.43 Å². The Labute approximate surface area is 113 Å². The second-order valence-electron chi connectivity index (χ2n) is 5.37. The van der Waals surface area contributed by atoms with Crippen molar-refractivity contribution in [3.05, 3.63) is 33.7 Å². The minimum atomic E-state index is -0.211. The number of aryl methyl sites for hydroxylation is 1. The van der Waals surface area contributed by atoms with Crippen molar-refractivity contribution in [2.75, 3.05) is 27.2 Å². The highest BCUT2D eigenvalue weighted by molar-refractivity contribution is 5.93. The number of rotatable bonds is 2. The second-order valence-corrected chi connectivity index (χ2v) is 5.37. The van der Waals surface area contributed by atoms with Crippen LogP contribution in [0.5, 0.6) is 0 Å². The number of amides is 1. The van der Waals surface area contributed by atoms with E-state index in [1.165, 1.54) is 12.3 Å². The third-order valence-corrected chi connectivity index (χ3v) is 3.76. The number of aromatic amines is 1. The number of pyridine rings is 1. The number of nitrogens with one attached hydrogen (secondary N) is 1. The monoisotopic (exact) mass is 263 g/mol. The zero-order valence-corrected chi connectivity index (χ0v) is 11.8. The lowest BCUT2D eigenvalue weighted by atomic mass is 10.0. The molecule has 104 valence electrons. The van der Waals surface area contributed by atoms with Crippen LogP contribution in [0.4, 0.5) is 0 Å². The Bertz CT molecular complexity index is 524. The fraction of sp³-hybridized carbons (Fsp3) is 0.571. The van der Waals surface area contributed by atoms with Gasteiger partial charge in [-0.15, -0.1) is 0 Å². The zero-order chi connectivity index (χ0) is 14.0. The van der Waals surface area contributed by atoms with Gasteiger partial charge in [0.1, 0.15) is 5.56 Å². The van der Waals surface area contributed by atoms with Crippen molar-refractivity contribution in [1.29, 1.82) is 0 Å². The van der Waals surface area contributed by atoms with Crippen LogP contribution in [0.3, 0.4) is 0 Å². The van der Waals surface area contributed by atoms with Gasteiger partial charge in [-0.1, -0.05) is 0 Å². The minimum Gasteiger partial charge on any atom is -0.364 e.